The molecule has 0 aliphatic heterocycles. The van der Waals surface area contributed by atoms with Gasteiger partial charge < -0.3 is 51.1 Å². The molecule has 0 saturated heterocycles. The highest BCUT2D eigenvalue weighted by atomic mass is 16.4. The molecule has 0 aromatic carbocycles. The highest BCUT2D eigenvalue weighted by Gasteiger charge is 2.34. The maximum absolute atomic E-state index is 10.0. The fourth-order valence-electron chi connectivity index (χ4n) is 2.08. The normalized spacial score (nSPS) is 21.3. The average molecular weight is 380 g/mol. The zero-order valence-electron chi connectivity index (χ0n) is 13.6. The first kappa shape index (κ1) is 22.7. The first-order chi connectivity index (χ1) is 12.1. The van der Waals surface area contributed by atoms with Gasteiger partial charge >= 0.3 is 0 Å². The third-order valence-corrected chi connectivity index (χ3v) is 3.79. The molecule has 7 unspecified atom stereocenters. The first-order valence-electron chi connectivity index (χ1n) is 7.63. The summed E-state index contributed by atoms with van der Waals surface area (Å²) in [6, 6.07) is 0. The van der Waals surface area contributed by atoms with Gasteiger partial charge in [0.25, 0.3) is 0 Å². The Bertz CT molecular complexity index is 507. The minimum absolute atomic E-state index is 0.345. The van der Waals surface area contributed by atoms with Crippen LogP contribution in [-0.4, -0.2) is 111 Å². The second-order valence-electron chi connectivity index (χ2n) is 5.72. The average Bonchev–Trinajstić information content (AvgIpc) is 2.68. The van der Waals surface area contributed by atoms with E-state index in [0.29, 0.717) is 0 Å². The Morgan fingerprint density at radius 2 is 0.962 bits per heavy atom. The van der Waals surface area contributed by atoms with E-state index in [0.717, 1.165) is 12.4 Å². The summed E-state index contributed by atoms with van der Waals surface area (Å²) in [7, 11) is 0. The molecule has 0 fully saturated rings. The van der Waals surface area contributed by atoms with Gasteiger partial charge in [-0.1, -0.05) is 0 Å². The second kappa shape index (κ2) is 10.1. The van der Waals surface area contributed by atoms with E-state index in [9.17, 15) is 40.9 Å². The van der Waals surface area contributed by atoms with Gasteiger partial charge in [0.05, 0.1) is 37.0 Å². The Kier molecular flexibility index (Phi) is 8.85. The molecule has 0 aliphatic carbocycles. The molecule has 12 nitrogen and oxygen atoms in total. The zero-order chi connectivity index (χ0) is 20.0. The van der Waals surface area contributed by atoms with Gasteiger partial charge in [-0.3, -0.25) is 4.98 Å². The topological polar surface area (TPSA) is 228 Å². The van der Waals surface area contributed by atoms with Gasteiger partial charge in [-0.2, -0.15) is 0 Å². The maximum atomic E-state index is 10.0. The van der Waals surface area contributed by atoms with Gasteiger partial charge in [-0.25, -0.2) is 4.98 Å². The van der Waals surface area contributed by atoms with E-state index < -0.39 is 62.0 Å². The number of aliphatic hydroxyl groups is 10. The van der Waals surface area contributed by atoms with Crippen molar-refractivity contribution in [2.75, 3.05) is 13.2 Å². The van der Waals surface area contributed by atoms with Gasteiger partial charge in [0.15, 0.2) is 0 Å². The summed E-state index contributed by atoms with van der Waals surface area (Å²) in [6.45, 7) is -1.74. The molecule has 10 N–H and O–H groups in total. The van der Waals surface area contributed by atoms with E-state index in [2.05, 4.69) is 9.97 Å². The third-order valence-electron chi connectivity index (χ3n) is 3.79. The SMILES string of the molecule is OCC(O)C(O)C(O)C(O)c1cncc(C(O)C(O)C(O)[C@@H](O)CO)n1. The monoisotopic (exact) mass is 380 g/mol. The predicted molar refractivity (Wildman–Crippen MR) is 82.2 cm³/mol. The lowest BCUT2D eigenvalue weighted by atomic mass is 10.00. The maximum Gasteiger partial charge on any atom is 0.126 e. The first-order valence-corrected chi connectivity index (χ1v) is 7.63. The molecule has 1 aromatic heterocycles. The summed E-state index contributed by atoms with van der Waals surface area (Å²) in [6.07, 6.45) is -12.9. The van der Waals surface area contributed by atoms with Crippen LogP contribution in [0.2, 0.25) is 0 Å². The number of hydrogen-bond acceptors (Lipinski definition) is 12. The summed E-state index contributed by atoms with van der Waals surface area (Å²) >= 11 is 0. The van der Waals surface area contributed by atoms with E-state index in [1.807, 2.05) is 0 Å². The Balaban J connectivity index is 2.96. The minimum atomic E-state index is -1.95. The van der Waals surface area contributed by atoms with E-state index in [1.165, 1.54) is 0 Å². The molecule has 1 heterocycles. The van der Waals surface area contributed by atoms with Gasteiger partial charge in [0.1, 0.15) is 48.8 Å². The lowest BCUT2D eigenvalue weighted by Crippen LogP contribution is -2.43. The van der Waals surface area contributed by atoms with Crippen molar-refractivity contribution in [1.82, 2.24) is 9.97 Å². The van der Waals surface area contributed by atoms with Crippen molar-refractivity contribution in [1.29, 1.82) is 0 Å². The molecule has 1 aromatic rings. The largest absolute Gasteiger partial charge is 0.394 e. The summed E-state index contributed by atoms with van der Waals surface area (Å²) < 4.78 is 0. The molecule has 12 heteroatoms. The number of rotatable bonds is 10. The van der Waals surface area contributed by atoms with Crippen molar-refractivity contribution in [3.05, 3.63) is 23.8 Å². The molecule has 0 aliphatic rings. The molecule has 0 spiro atoms. The summed E-state index contributed by atoms with van der Waals surface area (Å²) in [5, 5.41) is 95.0. The van der Waals surface area contributed by atoms with Crippen LogP contribution < -0.4 is 0 Å². The Labute approximate surface area is 147 Å². The minimum Gasteiger partial charge on any atom is -0.394 e. The molecule has 0 bridgehead atoms. The summed E-state index contributed by atoms with van der Waals surface area (Å²) in [5.74, 6) is 0. The van der Waals surface area contributed by atoms with E-state index in [-0.39, 0.29) is 11.4 Å². The molecular weight excluding hydrogens is 356 g/mol. The van der Waals surface area contributed by atoms with E-state index in [4.69, 9.17) is 10.2 Å². The van der Waals surface area contributed by atoms with Crippen LogP contribution in [0.3, 0.4) is 0 Å². The van der Waals surface area contributed by atoms with Crippen molar-refractivity contribution in [2.24, 2.45) is 0 Å². The summed E-state index contributed by atoms with van der Waals surface area (Å²) in [5.41, 5.74) is -0.690. The van der Waals surface area contributed by atoms with Gasteiger partial charge in [0, 0.05) is 0 Å². The smallest absolute Gasteiger partial charge is 0.126 e. The van der Waals surface area contributed by atoms with Crippen molar-refractivity contribution >= 4 is 0 Å². The third kappa shape index (κ3) is 5.34. The number of aromatic nitrogens is 2. The molecule has 0 amide bonds. The number of nitrogens with zero attached hydrogens (tertiary/aromatic N) is 2. The van der Waals surface area contributed by atoms with Crippen LogP contribution in [0.5, 0.6) is 0 Å². The lowest BCUT2D eigenvalue weighted by Gasteiger charge is -2.27. The fourth-order valence-corrected chi connectivity index (χ4v) is 2.08. The number of aliphatic hydroxyl groups excluding tert-OH is 10. The quantitative estimate of drug-likeness (QED) is 0.183. The highest BCUT2D eigenvalue weighted by Crippen LogP contribution is 2.22. The van der Waals surface area contributed by atoms with E-state index >= 15 is 0 Å². The lowest BCUT2D eigenvalue weighted by molar-refractivity contribution is -0.119. The van der Waals surface area contributed by atoms with Crippen LogP contribution in [-0.2, 0) is 0 Å². The Hall–Kier alpha value is -1.32. The van der Waals surface area contributed by atoms with Crippen LogP contribution in [0.4, 0.5) is 0 Å². The van der Waals surface area contributed by atoms with E-state index in [1.54, 1.807) is 0 Å². The van der Waals surface area contributed by atoms with Crippen LogP contribution in [0, 0.1) is 0 Å². The molecule has 1 rings (SSSR count). The second-order valence-corrected chi connectivity index (χ2v) is 5.72. The van der Waals surface area contributed by atoms with Crippen LogP contribution >= 0.6 is 0 Å². The molecule has 26 heavy (non-hydrogen) atoms. The van der Waals surface area contributed by atoms with Gasteiger partial charge in [-0.15, -0.1) is 0 Å². The zero-order valence-corrected chi connectivity index (χ0v) is 13.6. The van der Waals surface area contributed by atoms with Crippen LogP contribution in [0.15, 0.2) is 12.4 Å². The standard InChI is InChI=1S/C14H24N2O10/c17-3-7(19)11(23)13(25)9(21)5-1-15-2-6(16-5)10(22)14(26)12(24)8(20)4-18/h1-2,7-14,17-26H,3-4H2/t7-,8?,9?,10?,11?,12?,13?,14?/m0/s1. The summed E-state index contributed by atoms with van der Waals surface area (Å²) in [4.78, 5) is 7.41. The van der Waals surface area contributed by atoms with Crippen molar-refractivity contribution in [2.45, 2.75) is 48.8 Å². The van der Waals surface area contributed by atoms with Crippen LogP contribution in [0.25, 0.3) is 0 Å². The van der Waals surface area contributed by atoms with Crippen molar-refractivity contribution in [3.8, 4) is 0 Å². The molecular formula is C14H24N2O10. The van der Waals surface area contributed by atoms with Crippen LogP contribution in [0.1, 0.15) is 23.6 Å². The Morgan fingerprint density at radius 3 is 1.27 bits per heavy atom. The fraction of sp³-hybridized carbons (Fsp3) is 0.714. The van der Waals surface area contributed by atoms with Crippen molar-refractivity contribution in [3.63, 3.8) is 0 Å². The molecule has 0 radical (unpaired) electrons. The predicted octanol–water partition coefficient (Wildman–Crippen LogP) is -5.31. The molecule has 150 valence electrons. The Morgan fingerprint density at radius 1 is 0.615 bits per heavy atom. The van der Waals surface area contributed by atoms with Crippen molar-refractivity contribution < 1.29 is 51.1 Å². The van der Waals surface area contributed by atoms with Gasteiger partial charge in [-0.05, 0) is 0 Å². The molecule has 8 atom stereocenters. The molecule has 0 saturated carbocycles. The van der Waals surface area contributed by atoms with Gasteiger partial charge in [0.2, 0.25) is 0 Å². The highest BCUT2D eigenvalue weighted by molar-refractivity contribution is 5.11. The number of hydrogen-bond donors (Lipinski definition) is 10.